The molecule has 0 radical (unpaired) electrons. The fourth-order valence-corrected chi connectivity index (χ4v) is 1.54. The average Bonchev–Trinajstić information content (AvgIpc) is 2.17. The van der Waals surface area contributed by atoms with E-state index in [4.69, 9.17) is 0 Å². The molecule has 0 spiro atoms. The van der Waals surface area contributed by atoms with Crippen molar-refractivity contribution in [3.05, 3.63) is 23.8 Å². The van der Waals surface area contributed by atoms with Crippen molar-refractivity contribution in [1.82, 2.24) is 0 Å². The molecular weight excluding hydrogens is 158 g/mol. The second-order valence-electron chi connectivity index (χ2n) is 3.32. The summed E-state index contributed by atoms with van der Waals surface area (Å²) < 4.78 is 0. The Labute approximate surface area is 81.3 Å². The Morgan fingerprint density at radius 3 is 2.85 bits per heavy atom. The fraction of sp³-hybridized carbons (Fsp3) is 0.583. The molecule has 1 rings (SSSR count). The van der Waals surface area contributed by atoms with Crippen molar-refractivity contribution in [2.75, 3.05) is 6.54 Å². The van der Waals surface area contributed by atoms with Crippen LogP contribution in [0.25, 0.3) is 0 Å². The van der Waals surface area contributed by atoms with E-state index in [-0.39, 0.29) is 0 Å². The molecule has 1 aliphatic rings. The monoisotopic (exact) mass is 177 g/mol. The van der Waals surface area contributed by atoms with Crippen molar-refractivity contribution >= 4 is 5.71 Å². The normalized spacial score (nSPS) is 21.1. The summed E-state index contributed by atoms with van der Waals surface area (Å²) in [7, 11) is 0. The van der Waals surface area contributed by atoms with E-state index < -0.39 is 0 Å². The highest BCUT2D eigenvalue weighted by molar-refractivity contribution is 6.08. The number of nitrogens with zero attached hydrogens (tertiary/aromatic N) is 1. The second-order valence-corrected chi connectivity index (χ2v) is 3.32. The van der Waals surface area contributed by atoms with Gasteiger partial charge in [-0.25, -0.2) is 0 Å². The summed E-state index contributed by atoms with van der Waals surface area (Å²) in [5.74, 6) is 0. The number of allylic oxidation sites excluding steroid dienone is 4. The van der Waals surface area contributed by atoms with Gasteiger partial charge >= 0.3 is 0 Å². The van der Waals surface area contributed by atoms with Crippen LogP contribution in [0.2, 0.25) is 0 Å². The molecule has 1 heteroatoms. The number of rotatable bonds is 3. The topological polar surface area (TPSA) is 12.4 Å². The minimum atomic E-state index is 1.00. The van der Waals surface area contributed by atoms with Crippen LogP contribution in [0.5, 0.6) is 0 Å². The summed E-state index contributed by atoms with van der Waals surface area (Å²) >= 11 is 0. The van der Waals surface area contributed by atoms with E-state index in [2.05, 4.69) is 37.1 Å². The summed E-state index contributed by atoms with van der Waals surface area (Å²) in [5, 5.41) is 0. The van der Waals surface area contributed by atoms with Gasteiger partial charge in [0.1, 0.15) is 0 Å². The van der Waals surface area contributed by atoms with E-state index in [1.165, 1.54) is 24.1 Å². The predicted molar refractivity (Wildman–Crippen MR) is 59.3 cm³/mol. The van der Waals surface area contributed by atoms with Crippen molar-refractivity contribution in [1.29, 1.82) is 0 Å². The van der Waals surface area contributed by atoms with Gasteiger partial charge in [0, 0.05) is 6.54 Å². The minimum Gasteiger partial charge on any atom is -0.285 e. The van der Waals surface area contributed by atoms with Gasteiger partial charge in [-0.15, -0.1) is 0 Å². The molecule has 0 aromatic carbocycles. The van der Waals surface area contributed by atoms with E-state index in [1.807, 2.05) is 0 Å². The van der Waals surface area contributed by atoms with Gasteiger partial charge in [0.15, 0.2) is 0 Å². The van der Waals surface area contributed by atoms with Gasteiger partial charge < -0.3 is 0 Å². The van der Waals surface area contributed by atoms with Crippen LogP contribution in [0, 0.1) is 0 Å². The first kappa shape index (κ1) is 10.2. The Kier molecular flexibility index (Phi) is 4.52. The molecule has 1 nitrogen and oxygen atoms in total. The summed E-state index contributed by atoms with van der Waals surface area (Å²) in [6.07, 6.45) is 11.3. The van der Waals surface area contributed by atoms with E-state index in [0.29, 0.717) is 0 Å². The van der Waals surface area contributed by atoms with Gasteiger partial charge in [-0.2, -0.15) is 0 Å². The van der Waals surface area contributed by atoms with Crippen LogP contribution in [-0.2, 0) is 0 Å². The molecule has 1 heterocycles. The van der Waals surface area contributed by atoms with Crippen LogP contribution < -0.4 is 0 Å². The molecule has 0 aromatic heterocycles. The predicted octanol–water partition coefficient (Wildman–Crippen LogP) is 3.52. The first-order chi connectivity index (χ1) is 6.38. The van der Waals surface area contributed by atoms with Crippen LogP contribution >= 0.6 is 0 Å². The summed E-state index contributed by atoms with van der Waals surface area (Å²) in [6, 6.07) is 0. The lowest BCUT2D eigenvalue weighted by molar-refractivity contribution is 0.812. The third-order valence-corrected chi connectivity index (χ3v) is 2.18. The highest BCUT2D eigenvalue weighted by Gasteiger charge is 2.07. The van der Waals surface area contributed by atoms with E-state index in [9.17, 15) is 0 Å². The van der Waals surface area contributed by atoms with E-state index in [0.717, 1.165) is 19.4 Å². The molecular formula is C12H19N. The van der Waals surface area contributed by atoms with Gasteiger partial charge in [-0.05, 0) is 37.3 Å². The van der Waals surface area contributed by atoms with Crippen LogP contribution in [-0.4, -0.2) is 12.3 Å². The van der Waals surface area contributed by atoms with E-state index in [1.54, 1.807) is 0 Å². The molecule has 0 unspecified atom stereocenters. The molecule has 0 saturated heterocycles. The molecule has 72 valence electrons. The van der Waals surface area contributed by atoms with Crippen molar-refractivity contribution in [3.8, 4) is 0 Å². The summed E-state index contributed by atoms with van der Waals surface area (Å²) in [4.78, 5) is 4.53. The Morgan fingerprint density at radius 1 is 1.31 bits per heavy atom. The van der Waals surface area contributed by atoms with Crippen LogP contribution in [0.1, 0.15) is 39.5 Å². The highest BCUT2D eigenvalue weighted by atomic mass is 14.7. The maximum atomic E-state index is 4.53. The molecule has 1 aliphatic heterocycles. The van der Waals surface area contributed by atoms with E-state index >= 15 is 0 Å². The van der Waals surface area contributed by atoms with Crippen molar-refractivity contribution in [2.24, 2.45) is 4.99 Å². The highest BCUT2D eigenvalue weighted by Crippen LogP contribution is 2.15. The lowest BCUT2D eigenvalue weighted by atomic mass is 10.00. The molecule has 13 heavy (non-hydrogen) atoms. The maximum Gasteiger partial charge on any atom is 0.0599 e. The minimum absolute atomic E-state index is 1.00. The van der Waals surface area contributed by atoms with Crippen LogP contribution in [0.4, 0.5) is 0 Å². The number of aliphatic imine (C=N–C) groups is 1. The molecule has 0 amide bonds. The largest absolute Gasteiger partial charge is 0.285 e. The average molecular weight is 177 g/mol. The zero-order valence-corrected chi connectivity index (χ0v) is 8.71. The van der Waals surface area contributed by atoms with Crippen LogP contribution in [0.15, 0.2) is 28.8 Å². The molecule has 0 atom stereocenters. The fourth-order valence-electron chi connectivity index (χ4n) is 1.54. The Balaban J connectivity index is 2.72. The molecule has 0 bridgehead atoms. The molecule has 0 aliphatic carbocycles. The standard InChI is InChI=1S/C12H19N/c1-3-5-9-12-11(7-4-2)8-6-10-13-12/h5,7,9H,3-4,6,8,10H2,1-2H3/b9-5-,11-7-. The Hall–Kier alpha value is -0.850. The molecule has 0 aromatic rings. The van der Waals surface area contributed by atoms with Crippen molar-refractivity contribution in [2.45, 2.75) is 39.5 Å². The summed E-state index contributed by atoms with van der Waals surface area (Å²) in [5.41, 5.74) is 2.66. The van der Waals surface area contributed by atoms with Crippen molar-refractivity contribution in [3.63, 3.8) is 0 Å². The molecule has 0 saturated carbocycles. The molecule has 0 fully saturated rings. The first-order valence-electron chi connectivity index (χ1n) is 5.28. The molecule has 0 N–H and O–H groups in total. The van der Waals surface area contributed by atoms with Gasteiger partial charge in [0.05, 0.1) is 5.71 Å². The first-order valence-corrected chi connectivity index (χ1v) is 5.28. The van der Waals surface area contributed by atoms with Gasteiger partial charge in [-0.3, -0.25) is 4.99 Å². The lowest BCUT2D eigenvalue weighted by Crippen LogP contribution is -2.07. The Bertz CT molecular complexity index is 234. The SMILES string of the molecule is CC/C=C\C1=NCCC/C1=C/CC. The zero-order valence-electron chi connectivity index (χ0n) is 8.71. The zero-order chi connectivity index (χ0) is 9.52. The number of hydrogen-bond donors (Lipinski definition) is 0. The van der Waals surface area contributed by atoms with Crippen molar-refractivity contribution < 1.29 is 0 Å². The summed E-state index contributed by atoms with van der Waals surface area (Å²) in [6.45, 7) is 5.34. The van der Waals surface area contributed by atoms with Crippen LogP contribution in [0.3, 0.4) is 0 Å². The number of hydrogen-bond acceptors (Lipinski definition) is 1. The second kappa shape index (κ2) is 5.74. The smallest absolute Gasteiger partial charge is 0.0599 e. The third-order valence-electron chi connectivity index (χ3n) is 2.18. The third kappa shape index (κ3) is 3.17. The quantitative estimate of drug-likeness (QED) is 0.625. The van der Waals surface area contributed by atoms with Gasteiger partial charge in [0.2, 0.25) is 0 Å². The van der Waals surface area contributed by atoms with Gasteiger partial charge in [0.25, 0.3) is 0 Å². The Morgan fingerprint density at radius 2 is 2.15 bits per heavy atom. The maximum absolute atomic E-state index is 4.53. The lowest BCUT2D eigenvalue weighted by Gasteiger charge is -2.12. The van der Waals surface area contributed by atoms with Gasteiger partial charge in [-0.1, -0.05) is 26.0 Å².